The minimum Gasteiger partial charge on any atom is -0.374 e. The van der Waals surface area contributed by atoms with Gasteiger partial charge in [0.1, 0.15) is 30.2 Å². The van der Waals surface area contributed by atoms with Gasteiger partial charge >= 0.3 is 0 Å². The highest BCUT2D eigenvalue weighted by Gasteiger charge is 2.57. The zero-order valence-electron chi connectivity index (χ0n) is 19.8. The minimum absolute atomic E-state index is 0.313. The molecular weight excluding hydrogens is 508 g/mol. The molecule has 3 unspecified atom stereocenters. The van der Waals surface area contributed by atoms with Crippen LogP contribution < -0.4 is 0 Å². The third-order valence-corrected chi connectivity index (χ3v) is 6.96. The molecule has 1 saturated heterocycles. The second-order valence-electron chi connectivity index (χ2n) is 8.85. The topological polar surface area (TPSA) is 54.0 Å². The number of halogens is 1. The van der Waals surface area contributed by atoms with Crippen LogP contribution in [0.1, 0.15) is 23.6 Å². The van der Waals surface area contributed by atoms with Crippen molar-refractivity contribution in [3.8, 4) is 0 Å². The first kappa shape index (κ1) is 25.7. The smallest absolute Gasteiger partial charge is 0.136 e. The lowest BCUT2D eigenvalue weighted by Crippen LogP contribution is -2.52. The molecule has 5 nitrogen and oxygen atoms in total. The van der Waals surface area contributed by atoms with E-state index in [4.69, 9.17) is 18.9 Å². The third-order valence-electron chi connectivity index (χ3n) is 6.27. The average molecular weight is 539 g/mol. The maximum atomic E-state index is 11.8. The lowest BCUT2D eigenvalue weighted by atomic mass is 9.90. The predicted molar refractivity (Wildman–Crippen MR) is 138 cm³/mol. The van der Waals surface area contributed by atoms with E-state index in [2.05, 4.69) is 15.9 Å². The van der Waals surface area contributed by atoms with Crippen molar-refractivity contribution in [2.75, 3.05) is 6.61 Å². The Hall–Kier alpha value is -2.35. The minimum atomic E-state index is -0.888. The molecule has 1 aliphatic heterocycles. The first-order chi connectivity index (χ1) is 17.1. The van der Waals surface area contributed by atoms with E-state index in [1.54, 1.807) is 0 Å². The van der Waals surface area contributed by atoms with Gasteiger partial charge in [-0.25, -0.2) is 0 Å². The summed E-state index contributed by atoms with van der Waals surface area (Å²) in [5.41, 5.74) is 2.28. The first-order valence-electron chi connectivity index (χ1n) is 11.8. The first-order valence-corrected chi connectivity index (χ1v) is 12.7. The van der Waals surface area contributed by atoms with Gasteiger partial charge in [-0.2, -0.15) is 0 Å². The Bertz CT molecular complexity index is 1030. The Balaban J connectivity index is 1.54. The highest BCUT2D eigenvalue weighted by Crippen LogP contribution is 2.41. The number of carbonyl (C=O) groups is 1. The lowest BCUT2D eigenvalue weighted by molar-refractivity contribution is -0.147. The Labute approximate surface area is 215 Å². The summed E-state index contributed by atoms with van der Waals surface area (Å²) in [4.78, 5) is 11.2. The van der Waals surface area contributed by atoms with Crippen LogP contribution in [0.3, 0.4) is 0 Å². The molecular formula is C29H31BrO5. The highest BCUT2D eigenvalue weighted by atomic mass is 79.9. The lowest BCUT2D eigenvalue weighted by Gasteiger charge is -2.36. The van der Waals surface area contributed by atoms with Crippen molar-refractivity contribution in [1.82, 2.24) is 0 Å². The second kappa shape index (κ2) is 12.6. The Morgan fingerprint density at radius 3 is 1.91 bits per heavy atom. The molecule has 0 bridgehead atoms. The van der Waals surface area contributed by atoms with Crippen LogP contribution in [0.2, 0.25) is 0 Å². The maximum Gasteiger partial charge on any atom is 0.136 e. The van der Waals surface area contributed by atoms with Crippen molar-refractivity contribution >= 4 is 22.2 Å². The Kier molecular flexibility index (Phi) is 9.24. The van der Waals surface area contributed by atoms with E-state index >= 15 is 0 Å². The normalized spacial score (nSPS) is 24.8. The van der Waals surface area contributed by atoms with Crippen LogP contribution >= 0.6 is 15.9 Å². The molecule has 1 aliphatic rings. The predicted octanol–water partition coefficient (Wildman–Crippen LogP) is 5.49. The highest BCUT2D eigenvalue weighted by molar-refractivity contribution is 9.10. The molecule has 1 heterocycles. The molecule has 0 amide bonds. The number of hydrogen-bond acceptors (Lipinski definition) is 5. The maximum absolute atomic E-state index is 11.8. The summed E-state index contributed by atoms with van der Waals surface area (Å²) in [6.45, 7) is 3.51. The number of ether oxygens (including phenoxy) is 4. The van der Waals surface area contributed by atoms with Crippen LogP contribution in [-0.4, -0.2) is 41.6 Å². The van der Waals surface area contributed by atoms with Gasteiger partial charge in [0.15, 0.2) is 0 Å². The SMILES string of the molecule is CC1(OCc2ccccc2)C(C(Br)C=O)O[C@H](COCc2ccccc2)[C@H]1OCc1ccccc1. The fraction of sp³-hybridized carbons (Fsp3) is 0.345. The zero-order chi connectivity index (χ0) is 24.5. The van der Waals surface area contributed by atoms with Crippen LogP contribution in [0.4, 0.5) is 0 Å². The summed E-state index contributed by atoms with van der Waals surface area (Å²) in [6.07, 6.45) is -0.564. The number of alkyl halides is 1. The van der Waals surface area contributed by atoms with E-state index in [-0.39, 0.29) is 0 Å². The van der Waals surface area contributed by atoms with Crippen molar-refractivity contribution in [2.24, 2.45) is 0 Å². The molecule has 3 aromatic rings. The average Bonchev–Trinajstić information content (AvgIpc) is 3.19. The van der Waals surface area contributed by atoms with E-state index < -0.39 is 28.7 Å². The summed E-state index contributed by atoms with van der Waals surface area (Å²) < 4.78 is 25.4. The van der Waals surface area contributed by atoms with Gasteiger partial charge in [0.05, 0.1) is 31.3 Å². The monoisotopic (exact) mass is 538 g/mol. The van der Waals surface area contributed by atoms with E-state index in [0.717, 1.165) is 23.0 Å². The molecule has 0 spiro atoms. The van der Waals surface area contributed by atoms with Gasteiger partial charge in [0.25, 0.3) is 0 Å². The fourth-order valence-electron chi connectivity index (χ4n) is 4.39. The summed E-state index contributed by atoms with van der Waals surface area (Å²) in [6, 6.07) is 29.9. The van der Waals surface area contributed by atoms with Crippen LogP contribution in [-0.2, 0) is 43.6 Å². The molecule has 1 fully saturated rings. The molecule has 0 N–H and O–H groups in total. The Morgan fingerprint density at radius 2 is 1.37 bits per heavy atom. The number of rotatable bonds is 12. The zero-order valence-corrected chi connectivity index (χ0v) is 21.4. The van der Waals surface area contributed by atoms with Crippen LogP contribution in [0.5, 0.6) is 0 Å². The van der Waals surface area contributed by atoms with E-state index in [1.165, 1.54) is 0 Å². The summed E-state index contributed by atoms with van der Waals surface area (Å²) in [5, 5.41) is 0. The molecule has 6 heteroatoms. The standard InChI is InChI=1S/C29H31BrO5/c1-29(34-20-24-15-9-4-10-16-24)27(25(30)17-31)35-26(21-32-18-22-11-5-2-6-12-22)28(29)33-19-23-13-7-3-8-14-23/h2-17,25-28H,18-21H2,1H3/t25?,26-,27?,28-,29?/m1/s1. The molecule has 0 radical (unpaired) electrons. The van der Waals surface area contributed by atoms with Gasteiger partial charge in [0.2, 0.25) is 0 Å². The van der Waals surface area contributed by atoms with Crippen molar-refractivity contribution in [3.05, 3.63) is 108 Å². The molecule has 0 aromatic heterocycles. The molecule has 0 aliphatic carbocycles. The summed E-state index contributed by atoms with van der Waals surface area (Å²) >= 11 is 3.49. The van der Waals surface area contributed by atoms with Crippen molar-refractivity contribution < 1.29 is 23.7 Å². The quantitative estimate of drug-likeness (QED) is 0.225. The number of benzene rings is 3. The van der Waals surface area contributed by atoms with E-state index in [1.807, 2.05) is 97.9 Å². The van der Waals surface area contributed by atoms with E-state index in [9.17, 15) is 4.79 Å². The van der Waals surface area contributed by atoms with Gasteiger partial charge in [-0.05, 0) is 23.6 Å². The third kappa shape index (κ3) is 6.66. The van der Waals surface area contributed by atoms with Crippen LogP contribution in [0, 0.1) is 0 Å². The van der Waals surface area contributed by atoms with Gasteiger partial charge in [-0.15, -0.1) is 0 Å². The molecule has 184 valence electrons. The van der Waals surface area contributed by atoms with Crippen molar-refractivity contribution in [3.63, 3.8) is 0 Å². The van der Waals surface area contributed by atoms with Gasteiger partial charge < -0.3 is 23.7 Å². The van der Waals surface area contributed by atoms with Crippen LogP contribution in [0.25, 0.3) is 0 Å². The fourth-order valence-corrected chi connectivity index (χ4v) is 5.04. The number of aldehydes is 1. The second-order valence-corrected chi connectivity index (χ2v) is 9.91. The Morgan fingerprint density at radius 1 is 0.857 bits per heavy atom. The molecule has 5 atom stereocenters. The summed E-state index contributed by atoms with van der Waals surface area (Å²) in [7, 11) is 0. The molecule has 3 aromatic carbocycles. The van der Waals surface area contributed by atoms with E-state index in [0.29, 0.717) is 26.4 Å². The number of hydrogen-bond donors (Lipinski definition) is 0. The molecule has 35 heavy (non-hydrogen) atoms. The van der Waals surface area contributed by atoms with Crippen LogP contribution in [0.15, 0.2) is 91.0 Å². The molecule has 0 saturated carbocycles. The summed E-state index contributed by atoms with van der Waals surface area (Å²) in [5.74, 6) is 0. The molecule has 4 rings (SSSR count). The van der Waals surface area contributed by atoms with Crippen molar-refractivity contribution in [1.29, 1.82) is 0 Å². The van der Waals surface area contributed by atoms with Crippen molar-refractivity contribution in [2.45, 2.75) is 55.5 Å². The van der Waals surface area contributed by atoms with Gasteiger partial charge in [0, 0.05) is 0 Å². The largest absolute Gasteiger partial charge is 0.374 e. The van der Waals surface area contributed by atoms with Gasteiger partial charge in [-0.1, -0.05) is 107 Å². The number of carbonyl (C=O) groups excluding carboxylic acids is 1. The van der Waals surface area contributed by atoms with Gasteiger partial charge in [-0.3, -0.25) is 0 Å².